The topological polar surface area (TPSA) is 15.3 Å². The van der Waals surface area contributed by atoms with E-state index < -0.39 is 0 Å². The second-order valence-corrected chi connectivity index (χ2v) is 5.41. The van der Waals surface area contributed by atoms with Crippen LogP contribution in [0.3, 0.4) is 0 Å². The van der Waals surface area contributed by atoms with Crippen molar-refractivity contribution >= 4 is 5.69 Å². The van der Waals surface area contributed by atoms with Crippen LogP contribution in [0.15, 0.2) is 18.2 Å². The Morgan fingerprint density at radius 2 is 2.11 bits per heavy atom. The zero-order chi connectivity index (χ0) is 13.7. The zero-order valence-electron chi connectivity index (χ0n) is 12.1. The summed E-state index contributed by atoms with van der Waals surface area (Å²) in [4.78, 5) is 2.37. The average Bonchev–Trinajstić information content (AvgIpc) is 3.21. The monoisotopic (exact) mass is 264 g/mol. The van der Waals surface area contributed by atoms with Crippen molar-refractivity contribution in [1.29, 1.82) is 0 Å². The summed E-state index contributed by atoms with van der Waals surface area (Å²) >= 11 is 0. The quantitative estimate of drug-likeness (QED) is 0.772. The van der Waals surface area contributed by atoms with Crippen molar-refractivity contribution in [3.8, 4) is 0 Å². The minimum atomic E-state index is -0.0876. The van der Waals surface area contributed by atoms with Gasteiger partial charge in [-0.2, -0.15) is 0 Å². The van der Waals surface area contributed by atoms with Crippen molar-refractivity contribution < 1.29 is 4.39 Å². The van der Waals surface area contributed by atoms with E-state index in [0.29, 0.717) is 6.54 Å². The van der Waals surface area contributed by atoms with E-state index in [0.717, 1.165) is 43.2 Å². The van der Waals surface area contributed by atoms with Crippen molar-refractivity contribution in [2.24, 2.45) is 5.92 Å². The van der Waals surface area contributed by atoms with Crippen molar-refractivity contribution in [3.63, 3.8) is 0 Å². The molecule has 0 bridgehead atoms. The highest BCUT2D eigenvalue weighted by molar-refractivity contribution is 5.54. The van der Waals surface area contributed by atoms with Gasteiger partial charge in [0, 0.05) is 30.9 Å². The number of halogens is 1. The molecule has 2 nitrogen and oxygen atoms in total. The molecule has 3 heteroatoms. The van der Waals surface area contributed by atoms with E-state index in [1.807, 2.05) is 6.07 Å². The van der Waals surface area contributed by atoms with Crippen LogP contribution < -0.4 is 10.2 Å². The third-order valence-electron chi connectivity index (χ3n) is 3.66. The van der Waals surface area contributed by atoms with E-state index in [1.54, 1.807) is 6.07 Å². The largest absolute Gasteiger partial charge is 0.371 e. The van der Waals surface area contributed by atoms with E-state index in [2.05, 4.69) is 30.1 Å². The van der Waals surface area contributed by atoms with Crippen LogP contribution in [0, 0.1) is 11.7 Å². The molecular weight excluding hydrogens is 239 g/mol. The van der Waals surface area contributed by atoms with Gasteiger partial charge in [0.2, 0.25) is 0 Å². The lowest BCUT2D eigenvalue weighted by atomic mass is 10.1. The lowest BCUT2D eigenvalue weighted by Gasteiger charge is -2.27. The molecule has 1 N–H and O–H groups in total. The minimum absolute atomic E-state index is 0.0876. The Morgan fingerprint density at radius 3 is 2.74 bits per heavy atom. The first kappa shape index (κ1) is 14.3. The first-order valence-corrected chi connectivity index (χ1v) is 7.49. The molecule has 0 saturated heterocycles. The second kappa shape index (κ2) is 6.90. The highest BCUT2D eigenvalue weighted by atomic mass is 19.1. The standard InChI is InChI=1S/C16H25FN2/c1-3-10-19(12-13-8-9-13)16-7-5-6-15(17)14(16)11-18-4-2/h5-7,13,18H,3-4,8-12H2,1-2H3. The predicted molar refractivity (Wildman–Crippen MR) is 79.0 cm³/mol. The van der Waals surface area contributed by atoms with Gasteiger partial charge in [0.05, 0.1) is 0 Å². The molecular formula is C16H25FN2. The molecule has 0 spiro atoms. The molecule has 0 heterocycles. The van der Waals surface area contributed by atoms with Gasteiger partial charge in [0.25, 0.3) is 0 Å². The number of benzene rings is 1. The van der Waals surface area contributed by atoms with Crippen molar-refractivity contribution in [2.75, 3.05) is 24.5 Å². The smallest absolute Gasteiger partial charge is 0.129 e. The van der Waals surface area contributed by atoms with Crippen molar-refractivity contribution in [3.05, 3.63) is 29.6 Å². The third-order valence-corrected chi connectivity index (χ3v) is 3.66. The second-order valence-electron chi connectivity index (χ2n) is 5.41. The number of hydrogen-bond donors (Lipinski definition) is 1. The summed E-state index contributed by atoms with van der Waals surface area (Å²) < 4.78 is 14.1. The first-order chi connectivity index (χ1) is 9.26. The number of rotatable bonds is 8. The Morgan fingerprint density at radius 1 is 1.32 bits per heavy atom. The van der Waals surface area contributed by atoms with Crippen LogP contribution in [0.2, 0.25) is 0 Å². The van der Waals surface area contributed by atoms with Gasteiger partial charge in [-0.25, -0.2) is 4.39 Å². The molecule has 1 aliphatic rings. The Hall–Kier alpha value is -1.09. The summed E-state index contributed by atoms with van der Waals surface area (Å²) in [5, 5.41) is 3.25. The summed E-state index contributed by atoms with van der Waals surface area (Å²) in [6, 6.07) is 5.46. The molecule has 1 aliphatic carbocycles. The maximum Gasteiger partial charge on any atom is 0.129 e. The maximum absolute atomic E-state index is 14.1. The molecule has 0 aromatic heterocycles. The number of nitrogens with one attached hydrogen (secondary N) is 1. The average molecular weight is 264 g/mol. The maximum atomic E-state index is 14.1. The van der Waals surface area contributed by atoms with Crippen molar-refractivity contribution in [2.45, 2.75) is 39.7 Å². The Kier molecular flexibility index (Phi) is 5.20. The molecule has 1 saturated carbocycles. The fraction of sp³-hybridized carbons (Fsp3) is 0.625. The van der Waals surface area contributed by atoms with Crippen LogP contribution in [0.1, 0.15) is 38.7 Å². The molecule has 2 rings (SSSR count). The van der Waals surface area contributed by atoms with E-state index in [1.165, 1.54) is 12.8 Å². The van der Waals surface area contributed by atoms with Gasteiger partial charge in [-0.1, -0.05) is 19.9 Å². The number of hydrogen-bond acceptors (Lipinski definition) is 2. The molecule has 0 radical (unpaired) electrons. The normalized spacial score (nSPS) is 14.7. The van der Waals surface area contributed by atoms with E-state index in [-0.39, 0.29) is 5.82 Å². The fourth-order valence-corrected chi connectivity index (χ4v) is 2.46. The minimum Gasteiger partial charge on any atom is -0.371 e. The van der Waals surface area contributed by atoms with Crippen molar-refractivity contribution in [1.82, 2.24) is 5.32 Å². The van der Waals surface area contributed by atoms with Crippen LogP contribution in [0.5, 0.6) is 0 Å². The molecule has 0 amide bonds. The Bertz CT molecular complexity index is 402. The summed E-state index contributed by atoms with van der Waals surface area (Å²) in [6.45, 7) is 7.81. The molecule has 1 aromatic carbocycles. The summed E-state index contributed by atoms with van der Waals surface area (Å²) in [5.41, 5.74) is 1.90. The van der Waals surface area contributed by atoms with Crippen LogP contribution in [-0.4, -0.2) is 19.6 Å². The highest BCUT2D eigenvalue weighted by Crippen LogP contribution is 2.33. The molecule has 1 aromatic rings. The van der Waals surface area contributed by atoms with E-state index in [4.69, 9.17) is 0 Å². The third kappa shape index (κ3) is 3.93. The highest BCUT2D eigenvalue weighted by Gasteiger charge is 2.25. The predicted octanol–water partition coefficient (Wildman–Crippen LogP) is 3.56. The molecule has 106 valence electrons. The summed E-state index contributed by atoms with van der Waals surface area (Å²) in [7, 11) is 0. The van der Waals surface area contributed by atoms with Crippen LogP contribution >= 0.6 is 0 Å². The molecule has 0 aliphatic heterocycles. The molecule has 1 fully saturated rings. The molecule has 0 unspecified atom stereocenters. The van der Waals surface area contributed by atoms with Crippen LogP contribution in [0.25, 0.3) is 0 Å². The van der Waals surface area contributed by atoms with Crippen LogP contribution in [0.4, 0.5) is 10.1 Å². The number of nitrogens with zero attached hydrogens (tertiary/aromatic N) is 1. The zero-order valence-corrected chi connectivity index (χ0v) is 12.1. The van der Waals surface area contributed by atoms with Gasteiger partial charge < -0.3 is 10.2 Å². The summed E-state index contributed by atoms with van der Waals surface area (Å²) in [6.07, 6.45) is 3.76. The van der Waals surface area contributed by atoms with Gasteiger partial charge in [0.1, 0.15) is 5.82 Å². The van der Waals surface area contributed by atoms with Gasteiger partial charge in [-0.3, -0.25) is 0 Å². The van der Waals surface area contributed by atoms with E-state index >= 15 is 0 Å². The fourth-order valence-electron chi connectivity index (χ4n) is 2.46. The van der Waals surface area contributed by atoms with Crippen LogP contribution in [-0.2, 0) is 6.54 Å². The lowest BCUT2D eigenvalue weighted by Crippen LogP contribution is -2.29. The Balaban J connectivity index is 2.20. The van der Waals surface area contributed by atoms with Gasteiger partial charge >= 0.3 is 0 Å². The molecule has 0 atom stereocenters. The van der Waals surface area contributed by atoms with Gasteiger partial charge in [-0.15, -0.1) is 0 Å². The lowest BCUT2D eigenvalue weighted by molar-refractivity contribution is 0.589. The summed E-state index contributed by atoms with van der Waals surface area (Å²) in [5.74, 6) is 0.733. The number of anilines is 1. The SMILES string of the molecule is CCCN(CC1CC1)c1cccc(F)c1CNCC. The first-order valence-electron chi connectivity index (χ1n) is 7.49. The van der Waals surface area contributed by atoms with Gasteiger partial charge in [0.15, 0.2) is 0 Å². The molecule has 19 heavy (non-hydrogen) atoms. The Labute approximate surface area is 116 Å². The van der Waals surface area contributed by atoms with E-state index in [9.17, 15) is 4.39 Å². The van der Waals surface area contributed by atoms with Gasteiger partial charge in [-0.05, 0) is 43.9 Å².